The van der Waals surface area contributed by atoms with Crippen molar-refractivity contribution in [1.29, 1.82) is 0 Å². The van der Waals surface area contributed by atoms with Gasteiger partial charge in [-0.1, -0.05) is 90.7 Å². The van der Waals surface area contributed by atoms with E-state index in [0.29, 0.717) is 6.54 Å². The van der Waals surface area contributed by atoms with Crippen LogP contribution >= 0.6 is 0 Å². The fourth-order valence-electron chi connectivity index (χ4n) is 7.14. The van der Waals surface area contributed by atoms with E-state index in [2.05, 4.69) is 76.2 Å². The molecule has 2 fully saturated rings. The molecule has 0 saturated carbocycles. The molecule has 38 heavy (non-hydrogen) atoms. The molecular formula is C33H31N3O2. The third kappa shape index (κ3) is 3.79. The average molecular weight is 502 g/mol. The molecule has 2 bridgehead atoms. The highest BCUT2D eigenvalue weighted by atomic mass is 16.2. The van der Waals surface area contributed by atoms with Crippen LogP contribution in [0.1, 0.15) is 39.7 Å². The Balaban J connectivity index is 1.02. The Morgan fingerprint density at radius 2 is 1.03 bits per heavy atom. The summed E-state index contributed by atoms with van der Waals surface area (Å²) in [5.74, 6) is 5.56. The Kier molecular flexibility index (Phi) is 5.88. The van der Waals surface area contributed by atoms with Crippen LogP contribution in [0.25, 0.3) is 0 Å². The van der Waals surface area contributed by atoms with Crippen molar-refractivity contribution >= 4 is 11.8 Å². The molecule has 5 aliphatic rings. The largest absolute Gasteiger partial charge is 0.297 e. The number of carbonyl (C=O) groups is 2. The van der Waals surface area contributed by atoms with Crippen molar-refractivity contribution in [2.24, 2.45) is 11.8 Å². The third-order valence-electron chi connectivity index (χ3n) is 8.92. The minimum Gasteiger partial charge on any atom is -0.297 e. The first-order valence-corrected chi connectivity index (χ1v) is 13.7. The van der Waals surface area contributed by atoms with Crippen LogP contribution in [0.5, 0.6) is 0 Å². The zero-order valence-electron chi connectivity index (χ0n) is 21.4. The topological polar surface area (TPSA) is 43.9 Å². The summed E-state index contributed by atoms with van der Waals surface area (Å²) in [4.78, 5) is 33.6. The Morgan fingerprint density at radius 3 is 1.55 bits per heavy atom. The molecule has 0 radical (unpaired) electrons. The van der Waals surface area contributed by atoms with Gasteiger partial charge in [-0.25, -0.2) is 0 Å². The van der Waals surface area contributed by atoms with E-state index in [1.165, 1.54) is 32.7 Å². The van der Waals surface area contributed by atoms with E-state index in [1.54, 1.807) is 0 Å². The summed E-state index contributed by atoms with van der Waals surface area (Å²) in [5, 5.41) is 0. The lowest BCUT2D eigenvalue weighted by Gasteiger charge is -2.45. The zero-order chi connectivity index (χ0) is 25.6. The average Bonchev–Trinajstić information content (AvgIpc) is 3.22. The van der Waals surface area contributed by atoms with Crippen LogP contribution in [0.2, 0.25) is 0 Å². The summed E-state index contributed by atoms with van der Waals surface area (Å²) in [5.41, 5.74) is 6.17. The molecule has 2 saturated heterocycles. The van der Waals surface area contributed by atoms with E-state index in [9.17, 15) is 9.59 Å². The van der Waals surface area contributed by atoms with E-state index >= 15 is 0 Å². The molecule has 0 N–H and O–H groups in total. The number of amides is 2. The molecule has 3 aromatic carbocycles. The molecule has 5 nitrogen and oxygen atoms in total. The Bertz CT molecular complexity index is 1330. The minimum atomic E-state index is -0.322. The van der Waals surface area contributed by atoms with E-state index in [-0.39, 0.29) is 42.0 Å². The quantitative estimate of drug-likeness (QED) is 0.404. The molecule has 0 spiro atoms. The molecule has 2 aliphatic heterocycles. The molecule has 2 atom stereocenters. The molecule has 3 aromatic rings. The Labute approximate surface area is 224 Å². The third-order valence-corrected chi connectivity index (χ3v) is 8.92. The summed E-state index contributed by atoms with van der Waals surface area (Å²) in [6.45, 7) is 5.84. The fraction of sp³-hybridized carbons (Fsp3) is 0.333. The first kappa shape index (κ1) is 23.4. The molecule has 2 amide bonds. The SMILES string of the molecule is O=C1[C@@H]2C3c4ccccc4C(c4ccccc43)[C@@H]2C(=O)N1CC#CCN1CCN(Cc2ccccc2)CC1. The zero-order valence-corrected chi connectivity index (χ0v) is 21.4. The van der Waals surface area contributed by atoms with Crippen LogP contribution in [0.4, 0.5) is 0 Å². The van der Waals surface area contributed by atoms with Gasteiger partial charge in [0.15, 0.2) is 0 Å². The lowest BCUT2D eigenvalue weighted by Crippen LogP contribution is -2.45. The van der Waals surface area contributed by atoms with Crippen molar-refractivity contribution in [3.8, 4) is 11.8 Å². The second-order valence-electron chi connectivity index (χ2n) is 10.9. The number of carbonyl (C=O) groups excluding carboxylic acids is 2. The van der Waals surface area contributed by atoms with Gasteiger partial charge in [0.1, 0.15) is 0 Å². The van der Waals surface area contributed by atoms with Gasteiger partial charge < -0.3 is 0 Å². The van der Waals surface area contributed by atoms with Crippen LogP contribution in [-0.2, 0) is 16.1 Å². The minimum absolute atomic E-state index is 0.0529. The van der Waals surface area contributed by atoms with Crippen molar-refractivity contribution in [1.82, 2.24) is 14.7 Å². The van der Waals surface area contributed by atoms with Gasteiger partial charge in [-0.2, -0.15) is 0 Å². The number of nitrogens with zero attached hydrogens (tertiary/aromatic N) is 3. The summed E-state index contributed by atoms with van der Waals surface area (Å²) < 4.78 is 0. The molecule has 5 heteroatoms. The molecule has 0 aromatic heterocycles. The van der Waals surface area contributed by atoms with E-state index < -0.39 is 0 Å². The van der Waals surface area contributed by atoms with Gasteiger partial charge >= 0.3 is 0 Å². The number of benzene rings is 3. The molecule has 8 rings (SSSR count). The molecule has 3 aliphatic carbocycles. The van der Waals surface area contributed by atoms with Gasteiger partial charge in [-0.3, -0.25) is 24.3 Å². The van der Waals surface area contributed by atoms with Crippen molar-refractivity contribution in [2.75, 3.05) is 39.3 Å². The van der Waals surface area contributed by atoms with Crippen molar-refractivity contribution in [3.05, 3.63) is 107 Å². The van der Waals surface area contributed by atoms with E-state index in [4.69, 9.17) is 0 Å². The fourth-order valence-corrected chi connectivity index (χ4v) is 7.14. The maximum Gasteiger partial charge on any atom is 0.234 e. The highest BCUT2D eigenvalue weighted by Crippen LogP contribution is 2.60. The van der Waals surface area contributed by atoms with Crippen LogP contribution in [0.3, 0.4) is 0 Å². The van der Waals surface area contributed by atoms with Gasteiger partial charge in [-0.15, -0.1) is 0 Å². The van der Waals surface area contributed by atoms with Crippen molar-refractivity contribution in [3.63, 3.8) is 0 Å². The lowest BCUT2D eigenvalue weighted by molar-refractivity contribution is -0.139. The second-order valence-corrected chi connectivity index (χ2v) is 10.9. The molecule has 0 unspecified atom stereocenters. The highest BCUT2D eigenvalue weighted by Gasteiger charge is 2.61. The summed E-state index contributed by atoms with van der Waals surface area (Å²) >= 11 is 0. The molecule has 190 valence electrons. The van der Waals surface area contributed by atoms with Gasteiger partial charge in [0.2, 0.25) is 11.8 Å². The van der Waals surface area contributed by atoms with Crippen LogP contribution in [0, 0.1) is 23.7 Å². The number of piperazine rings is 1. The Morgan fingerprint density at radius 1 is 0.579 bits per heavy atom. The van der Waals surface area contributed by atoms with Crippen LogP contribution in [0.15, 0.2) is 78.9 Å². The van der Waals surface area contributed by atoms with Crippen LogP contribution in [-0.4, -0.2) is 65.8 Å². The lowest BCUT2D eigenvalue weighted by atomic mass is 9.55. The normalized spacial score (nSPS) is 25.9. The van der Waals surface area contributed by atoms with Crippen LogP contribution < -0.4 is 0 Å². The van der Waals surface area contributed by atoms with E-state index in [1.807, 2.05) is 24.3 Å². The predicted octanol–water partition coefficient (Wildman–Crippen LogP) is 3.70. The maximum atomic E-state index is 13.7. The van der Waals surface area contributed by atoms with Gasteiger partial charge in [-0.05, 0) is 27.8 Å². The number of imide groups is 1. The number of hydrogen-bond donors (Lipinski definition) is 0. The van der Waals surface area contributed by atoms with Crippen molar-refractivity contribution < 1.29 is 9.59 Å². The molecular weight excluding hydrogens is 470 g/mol. The standard InChI is InChI=1S/C33H31N3O2/c37-32-30-28-24-12-4-5-13-25(24)29(27-15-7-6-14-26(27)28)31(30)33(38)36(32)17-9-8-16-34-18-20-35(21-19-34)22-23-10-2-1-3-11-23/h1-7,10-15,28-31H,16-22H2/t28?,29?,30-,31+. The van der Waals surface area contributed by atoms with E-state index in [0.717, 1.165) is 32.7 Å². The second kappa shape index (κ2) is 9.54. The number of rotatable bonds is 4. The summed E-state index contributed by atoms with van der Waals surface area (Å²) in [6.07, 6.45) is 0. The summed E-state index contributed by atoms with van der Waals surface area (Å²) in [7, 11) is 0. The first-order valence-electron chi connectivity index (χ1n) is 13.7. The van der Waals surface area contributed by atoms with Gasteiger partial charge in [0, 0.05) is 44.6 Å². The first-order chi connectivity index (χ1) is 18.7. The van der Waals surface area contributed by atoms with Gasteiger partial charge in [0.05, 0.1) is 24.9 Å². The monoisotopic (exact) mass is 501 g/mol. The maximum absolute atomic E-state index is 13.7. The summed E-state index contributed by atoms with van der Waals surface area (Å²) in [6, 6.07) is 27.3. The highest BCUT2D eigenvalue weighted by molar-refractivity contribution is 6.07. The van der Waals surface area contributed by atoms with Crippen molar-refractivity contribution in [2.45, 2.75) is 18.4 Å². The smallest absolute Gasteiger partial charge is 0.234 e. The number of likely N-dealkylation sites (tertiary alicyclic amines) is 1. The Hall–Kier alpha value is -3.72. The molecule has 2 heterocycles. The number of hydrogen-bond acceptors (Lipinski definition) is 4. The predicted molar refractivity (Wildman–Crippen MR) is 146 cm³/mol. The van der Waals surface area contributed by atoms with Gasteiger partial charge in [0.25, 0.3) is 0 Å².